The molecular weight excluding hydrogens is 368 g/mol. The summed E-state index contributed by atoms with van der Waals surface area (Å²) in [5.74, 6) is -1.03. The number of nitrogens with zero attached hydrogens (tertiary/aromatic N) is 1. The van der Waals surface area contributed by atoms with Gasteiger partial charge in [0.25, 0.3) is 0 Å². The number of fused-ring (bicyclic) bond motifs is 1. The predicted molar refractivity (Wildman–Crippen MR) is 110 cm³/mol. The van der Waals surface area contributed by atoms with E-state index in [1.54, 1.807) is 13.1 Å². The van der Waals surface area contributed by atoms with Crippen molar-refractivity contribution in [3.8, 4) is 11.1 Å². The van der Waals surface area contributed by atoms with E-state index in [-0.39, 0.29) is 42.9 Å². The van der Waals surface area contributed by atoms with Crippen LogP contribution in [-0.4, -0.2) is 33.6 Å². The summed E-state index contributed by atoms with van der Waals surface area (Å²) >= 11 is 0. The quantitative estimate of drug-likeness (QED) is 0.465. The minimum atomic E-state index is -0.379. The first kappa shape index (κ1) is 20.5. The molecule has 1 aromatic carbocycles. The predicted octanol–water partition coefficient (Wildman–Crippen LogP) is 3.81. The third kappa shape index (κ3) is 4.96. The van der Waals surface area contributed by atoms with E-state index in [4.69, 9.17) is 4.74 Å². The Balaban J connectivity index is 1.89. The van der Waals surface area contributed by atoms with Gasteiger partial charge in [0.2, 0.25) is 5.78 Å². The number of aromatic amines is 1. The molecule has 0 amide bonds. The number of Topliss-reactive ketones (excluding diaryl/α,β-unsaturated/α-hetero) is 2. The average Bonchev–Trinajstić information content (AvgIpc) is 3.10. The number of ketones is 2. The highest BCUT2D eigenvalue weighted by atomic mass is 16.5. The molecule has 2 aromatic heterocycles. The molecule has 2 heterocycles. The van der Waals surface area contributed by atoms with E-state index in [2.05, 4.69) is 9.97 Å². The van der Waals surface area contributed by atoms with Crippen molar-refractivity contribution >= 4 is 28.6 Å². The number of hydrogen-bond donors (Lipinski definition) is 1. The van der Waals surface area contributed by atoms with E-state index < -0.39 is 0 Å². The Kier molecular flexibility index (Phi) is 6.22. The minimum Gasteiger partial charge on any atom is -0.463 e. The third-order valence-corrected chi connectivity index (χ3v) is 4.54. The molecule has 0 fully saturated rings. The fraction of sp³-hybridized carbons (Fsp3) is 0.304. The zero-order valence-corrected chi connectivity index (χ0v) is 16.8. The highest BCUT2D eigenvalue weighted by Gasteiger charge is 2.14. The number of carbonyl (C=O) groups excluding carboxylic acids is 3. The van der Waals surface area contributed by atoms with Crippen molar-refractivity contribution in [3.63, 3.8) is 0 Å². The molecule has 1 N–H and O–H groups in total. The maximum Gasteiger partial charge on any atom is 0.310 e. The molecule has 0 saturated carbocycles. The van der Waals surface area contributed by atoms with Crippen LogP contribution in [0, 0.1) is 0 Å². The number of ether oxygens (including phenoxy) is 1. The van der Waals surface area contributed by atoms with E-state index in [0.29, 0.717) is 5.65 Å². The van der Waals surface area contributed by atoms with Crippen LogP contribution in [0.3, 0.4) is 0 Å². The Bertz CT molecular complexity index is 1070. The van der Waals surface area contributed by atoms with Crippen molar-refractivity contribution in [2.75, 3.05) is 0 Å². The van der Waals surface area contributed by atoms with E-state index in [1.165, 1.54) is 0 Å². The smallest absolute Gasteiger partial charge is 0.310 e. The number of aromatic nitrogens is 2. The Hall–Kier alpha value is -3.28. The Morgan fingerprint density at radius 3 is 2.59 bits per heavy atom. The Morgan fingerprint density at radius 2 is 1.86 bits per heavy atom. The van der Waals surface area contributed by atoms with Gasteiger partial charge < -0.3 is 9.72 Å². The van der Waals surface area contributed by atoms with Crippen molar-refractivity contribution in [2.45, 2.75) is 46.1 Å². The van der Waals surface area contributed by atoms with Gasteiger partial charge in [0, 0.05) is 36.2 Å². The Morgan fingerprint density at radius 1 is 1.07 bits per heavy atom. The highest BCUT2D eigenvalue weighted by Crippen LogP contribution is 2.29. The first-order valence-corrected chi connectivity index (χ1v) is 9.68. The summed E-state index contributed by atoms with van der Waals surface area (Å²) in [6, 6.07) is 9.48. The lowest BCUT2D eigenvalue weighted by molar-refractivity contribution is -0.146. The molecule has 0 spiro atoms. The van der Waals surface area contributed by atoms with Gasteiger partial charge in [-0.1, -0.05) is 31.2 Å². The monoisotopic (exact) mass is 392 g/mol. The first-order chi connectivity index (χ1) is 13.9. The second-order valence-corrected chi connectivity index (χ2v) is 7.23. The van der Waals surface area contributed by atoms with Crippen molar-refractivity contribution in [1.29, 1.82) is 0 Å². The first-order valence-electron chi connectivity index (χ1n) is 9.68. The summed E-state index contributed by atoms with van der Waals surface area (Å²) in [4.78, 5) is 43.1. The fourth-order valence-electron chi connectivity index (χ4n) is 3.18. The summed E-state index contributed by atoms with van der Waals surface area (Å²) in [5.41, 5.74) is 4.10. The van der Waals surface area contributed by atoms with Crippen LogP contribution in [-0.2, 0) is 32.0 Å². The summed E-state index contributed by atoms with van der Waals surface area (Å²) in [6.07, 6.45) is 3.82. The molecule has 0 aliphatic heterocycles. The molecule has 0 unspecified atom stereocenters. The number of esters is 1. The van der Waals surface area contributed by atoms with Crippen LogP contribution in [0.5, 0.6) is 0 Å². The normalized spacial score (nSPS) is 11.0. The van der Waals surface area contributed by atoms with Crippen LogP contribution in [0.4, 0.5) is 0 Å². The zero-order chi connectivity index (χ0) is 21.0. The van der Waals surface area contributed by atoms with Gasteiger partial charge in [-0.2, -0.15) is 0 Å². The second kappa shape index (κ2) is 8.82. The van der Waals surface area contributed by atoms with E-state index in [1.807, 2.05) is 50.4 Å². The topological polar surface area (TPSA) is 89.1 Å². The number of rotatable bonds is 8. The SMILES string of the molecule is CCC(=O)C(=O)Cc1cccc(-c2c[nH]c3ncc(CC(=O)OC(C)C)cc23)c1. The molecule has 3 aromatic rings. The van der Waals surface area contributed by atoms with Crippen molar-refractivity contribution in [1.82, 2.24) is 9.97 Å². The summed E-state index contributed by atoms with van der Waals surface area (Å²) in [7, 11) is 0. The third-order valence-electron chi connectivity index (χ3n) is 4.54. The second-order valence-electron chi connectivity index (χ2n) is 7.23. The molecule has 0 aliphatic rings. The van der Waals surface area contributed by atoms with Crippen LogP contribution < -0.4 is 0 Å². The molecule has 0 saturated heterocycles. The van der Waals surface area contributed by atoms with Gasteiger partial charge >= 0.3 is 5.97 Å². The average molecular weight is 392 g/mol. The maximum absolute atomic E-state index is 12.0. The van der Waals surface area contributed by atoms with Crippen LogP contribution in [0.2, 0.25) is 0 Å². The van der Waals surface area contributed by atoms with Gasteiger partial charge in [-0.05, 0) is 36.6 Å². The number of pyridine rings is 1. The van der Waals surface area contributed by atoms with Gasteiger partial charge in [-0.3, -0.25) is 14.4 Å². The van der Waals surface area contributed by atoms with Crippen LogP contribution in [0.15, 0.2) is 42.7 Å². The maximum atomic E-state index is 12.0. The van der Waals surface area contributed by atoms with Crippen molar-refractivity contribution in [3.05, 3.63) is 53.9 Å². The molecule has 0 bridgehead atoms. The standard InChI is InChI=1S/C23H24N2O4/c1-4-20(26)21(27)10-15-6-5-7-17(8-15)19-13-25-23-18(19)9-16(12-24-23)11-22(28)29-14(2)3/h5-9,12-14H,4,10-11H2,1-3H3,(H,24,25). The molecule has 0 radical (unpaired) electrons. The minimum absolute atomic E-state index is 0.0907. The van der Waals surface area contributed by atoms with Gasteiger partial charge in [0.15, 0.2) is 5.78 Å². The Labute approximate surface area is 169 Å². The van der Waals surface area contributed by atoms with Gasteiger partial charge in [0.05, 0.1) is 12.5 Å². The number of nitrogens with one attached hydrogen (secondary N) is 1. The number of benzene rings is 1. The molecule has 0 atom stereocenters. The number of H-pyrrole nitrogens is 1. The van der Waals surface area contributed by atoms with Crippen LogP contribution in [0.1, 0.15) is 38.3 Å². The van der Waals surface area contributed by atoms with Gasteiger partial charge in [0.1, 0.15) is 5.65 Å². The largest absolute Gasteiger partial charge is 0.463 e. The van der Waals surface area contributed by atoms with Gasteiger partial charge in [-0.25, -0.2) is 4.98 Å². The molecule has 6 heteroatoms. The lowest BCUT2D eigenvalue weighted by Gasteiger charge is -2.08. The van der Waals surface area contributed by atoms with Gasteiger partial charge in [-0.15, -0.1) is 0 Å². The lowest BCUT2D eigenvalue weighted by Crippen LogP contribution is -2.14. The van der Waals surface area contributed by atoms with E-state index in [0.717, 1.165) is 27.6 Å². The van der Waals surface area contributed by atoms with Crippen LogP contribution >= 0.6 is 0 Å². The summed E-state index contributed by atoms with van der Waals surface area (Å²) in [5, 5.41) is 0.882. The van der Waals surface area contributed by atoms with Crippen LogP contribution in [0.25, 0.3) is 22.2 Å². The summed E-state index contributed by atoms with van der Waals surface area (Å²) in [6.45, 7) is 5.31. The lowest BCUT2D eigenvalue weighted by atomic mass is 9.99. The number of hydrogen-bond acceptors (Lipinski definition) is 5. The summed E-state index contributed by atoms with van der Waals surface area (Å²) < 4.78 is 5.21. The van der Waals surface area contributed by atoms with E-state index in [9.17, 15) is 14.4 Å². The van der Waals surface area contributed by atoms with Crippen molar-refractivity contribution < 1.29 is 19.1 Å². The molecule has 3 rings (SSSR count). The number of carbonyl (C=O) groups is 3. The van der Waals surface area contributed by atoms with Crippen molar-refractivity contribution in [2.24, 2.45) is 0 Å². The highest BCUT2D eigenvalue weighted by molar-refractivity contribution is 6.37. The fourth-order valence-corrected chi connectivity index (χ4v) is 3.18. The molecular formula is C23H24N2O4. The van der Waals surface area contributed by atoms with E-state index >= 15 is 0 Å². The zero-order valence-electron chi connectivity index (χ0n) is 16.8. The molecule has 150 valence electrons. The molecule has 29 heavy (non-hydrogen) atoms. The molecule has 0 aliphatic carbocycles. The molecule has 6 nitrogen and oxygen atoms in total.